The van der Waals surface area contributed by atoms with Gasteiger partial charge < -0.3 is 10.1 Å². The monoisotopic (exact) mass is 345 g/mol. The Morgan fingerprint density at radius 2 is 2.08 bits per heavy atom. The minimum absolute atomic E-state index is 0.109. The Hall–Kier alpha value is -2.86. The number of nitrogens with one attached hydrogen (secondary N) is 2. The molecule has 2 aromatic carbocycles. The van der Waals surface area contributed by atoms with Crippen LogP contribution >= 0.6 is 11.6 Å². The number of H-pyrrole nitrogens is 1. The molecule has 0 aliphatic carbocycles. The molecule has 1 aromatic heterocycles. The quantitative estimate of drug-likeness (QED) is 0.747. The van der Waals surface area contributed by atoms with E-state index in [1.54, 1.807) is 30.3 Å². The zero-order valence-electron chi connectivity index (χ0n) is 12.6. The molecule has 3 rings (SSSR count). The molecule has 0 atom stereocenters. The number of methoxy groups -OCH3 is 1. The lowest BCUT2D eigenvalue weighted by Crippen LogP contribution is -2.12. The highest BCUT2D eigenvalue weighted by molar-refractivity contribution is 6.30. The number of benzene rings is 2. The highest BCUT2D eigenvalue weighted by atomic mass is 35.5. The highest BCUT2D eigenvalue weighted by Crippen LogP contribution is 2.23. The van der Waals surface area contributed by atoms with Crippen molar-refractivity contribution in [3.05, 3.63) is 65.1 Å². The number of anilines is 1. The molecule has 122 valence electrons. The molecule has 0 fully saturated rings. The van der Waals surface area contributed by atoms with Gasteiger partial charge in [0.25, 0.3) is 5.91 Å². The lowest BCUT2D eigenvalue weighted by Gasteiger charge is -2.06. The minimum atomic E-state index is -0.556. The van der Waals surface area contributed by atoms with Gasteiger partial charge in [0.05, 0.1) is 12.8 Å². The molecule has 0 saturated heterocycles. The Morgan fingerprint density at radius 3 is 2.79 bits per heavy atom. The number of hydrogen-bond donors (Lipinski definition) is 2. The van der Waals surface area contributed by atoms with Gasteiger partial charge in [-0.25, -0.2) is 4.39 Å². The van der Waals surface area contributed by atoms with Crippen molar-refractivity contribution in [3.63, 3.8) is 0 Å². The molecule has 1 amide bonds. The van der Waals surface area contributed by atoms with E-state index in [9.17, 15) is 9.18 Å². The van der Waals surface area contributed by atoms with Crippen LogP contribution in [0.15, 0.2) is 48.5 Å². The van der Waals surface area contributed by atoms with Crippen LogP contribution in [0.3, 0.4) is 0 Å². The van der Waals surface area contributed by atoms with E-state index in [0.29, 0.717) is 16.4 Å². The molecule has 0 aliphatic heterocycles. The third kappa shape index (κ3) is 3.38. The molecular formula is C17H13ClFN3O2. The number of carbonyl (C=O) groups excluding carboxylic acids is 1. The van der Waals surface area contributed by atoms with Gasteiger partial charge in [-0.15, -0.1) is 0 Å². The number of hydrogen-bond acceptors (Lipinski definition) is 3. The molecule has 0 saturated carbocycles. The highest BCUT2D eigenvalue weighted by Gasteiger charge is 2.13. The maximum atomic E-state index is 13.7. The van der Waals surface area contributed by atoms with Crippen molar-refractivity contribution in [2.24, 2.45) is 0 Å². The van der Waals surface area contributed by atoms with Gasteiger partial charge in [0, 0.05) is 22.3 Å². The fraction of sp³-hybridized carbons (Fsp3) is 0.0588. The number of aromatic nitrogens is 2. The largest absolute Gasteiger partial charge is 0.494 e. The van der Waals surface area contributed by atoms with Crippen LogP contribution in [0, 0.1) is 5.82 Å². The summed E-state index contributed by atoms with van der Waals surface area (Å²) in [7, 11) is 1.37. The number of rotatable bonds is 4. The minimum Gasteiger partial charge on any atom is -0.494 e. The van der Waals surface area contributed by atoms with Crippen molar-refractivity contribution < 1.29 is 13.9 Å². The summed E-state index contributed by atoms with van der Waals surface area (Å²) in [6.07, 6.45) is 0. The molecule has 0 bridgehead atoms. The summed E-state index contributed by atoms with van der Waals surface area (Å²) in [5, 5.41) is 9.93. The lowest BCUT2D eigenvalue weighted by molar-refractivity contribution is 0.102. The standard InChI is InChI=1S/C17H13ClFN3O2/c1-24-16-6-5-12(8-13(16)19)20-17(23)15-9-14(21-22-15)10-3-2-4-11(18)7-10/h2-9H,1H3,(H,20,23)(H,21,22). The van der Waals surface area contributed by atoms with Gasteiger partial charge in [-0.2, -0.15) is 5.10 Å². The molecular weight excluding hydrogens is 333 g/mol. The van der Waals surface area contributed by atoms with Crippen molar-refractivity contribution >= 4 is 23.2 Å². The van der Waals surface area contributed by atoms with Gasteiger partial charge in [0.2, 0.25) is 0 Å². The van der Waals surface area contributed by atoms with Crippen LogP contribution in [-0.4, -0.2) is 23.2 Å². The van der Waals surface area contributed by atoms with Gasteiger partial charge in [-0.05, 0) is 30.3 Å². The topological polar surface area (TPSA) is 67.0 Å². The van der Waals surface area contributed by atoms with Crippen molar-refractivity contribution in [3.8, 4) is 17.0 Å². The summed E-state index contributed by atoms with van der Waals surface area (Å²) < 4.78 is 18.5. The van der Waals surface area contributed by atoms with Crippen molar-refractivity contribution in [2.45, 2.75) is 0 Å². The first-order valence-corrected chi connectivity index (χ1v) is 7.41. The van der Waals surface area contributed by atoms with Crippen molar-refractivity contribution in [2.75, 3.05) is 12.4 Å². The Kier molecular flexibility index (Phi) is 4.48. The zero-order chi connectivity index (χ0) is 17.1. The van der Waals surface area contributed by atoms with Crippen molar-refractivity contribution in [1.82, 2.24) is 10.2 Å². The molecule has 3 aromatic rings. The van der Waals surface area contributed by atoms with E-state index in [2.05, 4.69) is 15.5 Å². The normalized spacial score (nSPS) is 10.5. The smallest absolute Gasteiger partial charge is 0.273 e. The third-order valence-electron chi connectivity index (χ3n) is 3.35. The first-order valence-electron chi connectivity index (χ1n) is 7.03. The molecule has 0 spiro atoms. The SMILES string of the molecule is COc1ccc(NC(=O)c2cc(-c3cccc(Cl)c3)n[nH]2)cc1F. The van der Waals surface area contributed by atoms with Gasteiger partial charge in [-0.3, -0.25) is 9.89 Å². The fourth-order valence-electron chi connectivity index (χ4n) is 2.18. The van der Waals surface area contributed by atoms with Gasteiger partial charge in [0.15, 0.2) is 11.6 Å². The molecule has 2 N–H and O–H groups in total. The van der Waals surface area contributed by atoms with E-state index in [4.69, 9.17) is 16.3 Å². The van der Waals surface area contributed by atoms with Crippen LogP contribution < -0.4 is 10.1 Å². The van der Waals surface area contributed by atoms with E-state index in [1.165, 1.54) is 19.2 Å². The van der Waals surface area contributed by atoms with E-state index >= 15 is 0 Å². The number of nitrogens with zero attached hydrogens (tertiary/aromatic N) is 1. The first kappa shape index (κ1) is 16.0. The summed E-state index contributed by atoms with van der Waals surface area (Å²) in [6.45, 7) is 0. The Labute approximate surface area is 142 Å². The van der Waals surface area contributed by atoms with Crippen molar-refractivity contribution in [1.29, 1.82) is 0 Å². The van der Waals surface area contributed by atoms with Crippen LogP contribution in [0.1, 0.15) is 10.5 Å². The van der Waals surface area contributed by atoms with Crippen LogP contribution in [0.5, 0.6) is 5.75 Å². The maximum Gasteiger partial charge on any atom is 0.273 e. The van der Waals surface area contributed by atoms with Gasteiger partial charge in [-0.1, -0.05) is 23.7 Å². The number of halogens is 2. The number of aromatic amines is 1. The molecule has 0 aliphatic rings. The number of carbonyl (C=O) groups is 1. The lowest BCUT2D eigenvalue weighted by atomic mass is 10.1. The van der Waals surface area contributed by atoms with E-state index in [1.807, 2.05) is 6.07 Å². The van der Waals surface area contributed by atoms with Crippen LogP contribution in [0.2, 0.25) is 5.02 Å². The Bertz CT molecular complexity index is 895. The first-order chi connectivity index (χ1) is 11.6. The van der Waals surface area contributed by atoms with E-state index in [-0.39, 0.29) is 11.4 Å². The second-order valence-corrected chi connectivity index (χ2v) is 5.42. The third-order valence-corrected chi connectivity index (χ3v) is 3.59. The average molecular weight is 346 g/mol. The van der Waals surface area contributed by atoms with Gasteiger partial charge >= 0.3 is 0 Å². The summed E-state index contributed by atoms with van der Waals surface area (Å²) in [5.74, 6) is -0.877. The molecule has 24 heavy (non-hydrogen) atoms. The molecule has 1 heterocycles. The summed E-state index contributed by atoms with van der Waals surface area (Å²) >= 11 is 5.95. The Balaban J connectivity index is 1.78. The molecule has 0 radical (unpaired) electrons. The Morgan fingerprint density at radius 1 is 1.25 bits per heavy atom. The predicted molar refractivity (Wildman–Crippen MR) is 89.9 cm³/mol. The predicted octanol–water partition coefficient (Wildman–Crippen LogP) is 4.13. The summed E-state index contributed by atoms with van der Waals surface area (Å²) in [4.78, 5) is 12.2. The zero-order valence-corrected chi connectivity index (χ0v) is 13.4. The summed E-state index contributed by atoms with van der Waals surface area (Å²) in [5.41, 5.74) is 1.94. The van der Waals surface area contributed by atoms with Crippen LogP contribution in [0.25, 0.3) is 11.3 Å². The average Bonchev–Trinajstić information content (AvgIpc) is 3.05. The summed E-state index contributed by atoms with van der Waals surface area (Å²) in [6, 6.07) is 12.9. The van der Waals surface area contributed by atoms with Gasteiger partial charge in [0.1, 0.15) is 5.69 Å². The molecule has 0 unspecified atom stereocenters. The van der Waals surface area contributed by atoms with Crippen LogP contribution in [-0.2, 0) is 0 Å². The maximum absolute atomic E-state index is 13.7. The fourth-order valence-corrected chi connectivity index (χ4v) is 2.37. The van der Waals surface area contributed by atoms with E-state index < -0.39 is 11.7 Å². The molecule has 7 heteroatoms. The van der Waals surface area contributed by atoms with Crippen LogP contribution in [0.4, 0.5) is 10.1 Å². The van der Waals surface area contributed by atoms with E-state index in [0.717, 1.165) is 5.56 Å². The second kappa shape index (κ2) is 6.72. The second-order valence-electron chi connectivity index (χ2n) is 4.98. The number of ether oxygens (including phenoxy) is 1. The number of amides is 1. The molecule has 5 nitrogen and oxygen atoms in total.